The lowest BCUT2D eigenvalue weighted by Gasteiger charge is -2.38. The van der Waals surface area contributed by atoms with Crippen molar-refractivity contribution < 1.29 is 4.79 Å². The number of aromatic nitrogens is 4. The lowest BCUT2D eigenvalue weighted by atomic mass is 9.89. The summed E-state index contributed by atoms with van der Waals surface area (Å²) < 4.78 is 1.69. The topological polar surface area (TPSA) is 67.2 Å². The maximum Gasteiger partial charge on any atom is 0.224 e. The van der Waals surface area contributed by atoms with Crippen LogP contribution in [0.1, 0.15) is 44.9 Å². The van der Waals surface area contributed by atoms with Crippen molar-refractivity contribution in [1.29, 1.82) is 0 Å². The summed E-state index contributed by atoms with van der Waals surface area (Å²) in [6.07, 6.45) is 5.44. The summed E-state index contributed by atoms with van der Waals surface area (Å²) >= 11 is 0. The number of amides is 1. The Labute approximate surface area is 138 Å². The summed E-state index contributed by atoms with van der Waals surface area (Å²) in [6, 6.07) is 0.665. The van der Waals surface area contributed by atoms with Gasteiger partial charge in [-0.3, -0.25) is 4.79 Å². The number of hydrogen-bond donors (Lipinski definition) is 0. The molecule has 3 heterocycles. The molecule has 0 saturated carbocycles. The van der Waals surface area contributed by atoms with E-state index in [-0.39, 0.29) is 5.91 Å². The molecule has 3 rings (SSSR count). The van der Waals surface area contributed by atoms with Gasteiger partial charge in [0.05, 0.1) is 6.54 Å². The third kappa shape index (κ3) is 3.88. The molecule has 2 aliphatic heterocycles. The van der Waals surface area contributed by atoms with E-state index in [1.54, 1.807) is 4.68 Å². The van der Waals surface area contributed by atoms with Gasteiger partial charge in [-0.2, -0.15) is 0 Å². The first kappa shape index (κ1) is 16.4. The first-order valence-corrected chi connectivity index (χ1v) is 8.90. The largest absolute Gasteiger partial charge is 0.343 e. The quantitative estimate of drug-likeness (QED) is 0.812. The molecule has 2 aliphatic rings. The smallest absolute Gasteiger partial charge is 0.224 e. The number of tetrazole rings is 1. The van der Waals surface area contributed by atoms with E-state index in [0.29, 0.717) is 19.0 Å². The van der Waals surface area contributed by atoms with Gasteiger partial charge in [-0.25, -0.2) is 4.68 Å². The highest BCUT2D eigenvalue weighted by Crippen LogP contribution is 2.26. The standard InChI is InChI=1S/C16H28N6O/c1-13(20-8-3-4-9-20)15-5-10-21(11-6-15)16(23)7-12-22-14(2)17-18-19-22/h13,15H,3-12H2,1-2H3/t13-/m1/s1. The molecule has 0 radical (unpaired) electrons. The molecule has 1 aromatic rings. The Morgan fingerprint density at radius 3 is 2.52 bits per heavy atom. The van der Waals surface area contributed by atoms with Crippen molar-refractivity contribution in [1.82, 2.24) is 30.0 Å². The zero-order chi connectivity index (χ0) is 16.2. The second-order valence-electron chi connectivity index (χ2n) is 6.90. The van der Waals surface area contributed by atoms with Gasteiger partial charge in [0.25, 0.3) is 0 Å². The Hall–Kier alpha value is -1.50. The van der Waals surface area contributed by atoms with Crippen LogP contribution >= 0.6 is 0 Å². The van der Waals surface area contributed by atoms with Crippen LogP contribution in [0.5, 0.6) is 0 Å². The monoisotopic (exact) mass is 320 g/mol. The van der Waals surface area contributed by atoms with Crippen LogP contribution in [-0.2, 0) is 11.3 Å². The molecule has 0 N–H and O–H groups in total. The van der Waals surface area contributed by atoms with Crippen LogP contribution in [0, 0.1) is 12.8 Å². The average molecular weight is 320 g/mol. The van der Waals surface area contributed by atoms with Crippen LogP contribution in [0.15, 0.2) is 0 Å². The zero-order valence-corrected chi connectivity index (χ0v) is 14.3. The van der Waals surface area contributed by atoms with Crippen molar-refractivity contribution in [3.63, 3.8) is 0 Å². The Morgan fingerprint density at radius 2 is 1.91 bits per heavy atom. The van der Waals surface area contributed by atoms with E-state index in [1.807, 2.05) is 11.8 Å². The molecule has 0 unspecified atom stereocenters. The number of likely N-dealkylation sites (tertiary alicyclic amines) is 2. The van der Waals surface area contributed by atoms with Gasteiger partial charge in [-0.05, 0) is 69.0 Å². The van der Waals surface area contributed by atoms with Gasteiger partial charge in [0.15, 0.2) is 0 Å². The fraction of sp³-hybridized carbons (Fsp3) is 0.875. The number of carbonyl (C=O) groups excluding carboxylic acids is 1. The summed E-state index contributed by atoms with van der Waals surface area (Å²) in [6.45, 7) is 9.11. The molecule has 0 spiro atoms. The lowest BCUT2D eigenvalue weighted by Crippen LogP contribution is -2.45. The predicted molar refractivity (Wildman–Crippen MR) is 86.7 cm³/mol. The van der Waals surface area contributed by atoms with Crippen LogP contribution in [0.4, 0.5) is 0 Å². The molecule has 23 heavy (non-hydrogen) atoms. The van der Waals surface area contributed by atoms with Gasteiger partial charge in [-0.15, -0.1) is 5.10 Å². The highest BCUT2D eigenvalue weighted by molar-refractivity contribution is 5.76. The van der Waals surface area contributed by atoms with E-state index in [2.05, 4.69) is 27.3 Å². The molecular weight excluding hydrogens is 292 g/mol. The van der Waals surface area contributed by atoms with E-state index >= 15 is 0 Å². The molecule has 0 bridgehead atoms. The van der Waals surface area contributed by atoms with Crippen molar-refractivity contribution in [2.24, 2.45) is 5.92 Å². The minimum Gasteiger partial charge on any atom is -0.343 e. The predicted octanol–water partition coefficient (Wildman–Crippen LogP) is 1.09. The molecule has 7 heteroatoms. The van der Waals surface area contributed by atoms with Crippen molar-refractivity contribution >= 4 is 5.91 Å². The minimum absolute atomic E-state index is 0.229. The SMILES string of the molecule is Cc1nnnn1CCC(=O)N1CCC([C@@H](C)N2CCCC2)CC1. The number of aryl methyl sites for hydroxylation is 2. The molecule has 2 saturated heterocycles. The van der Waals surface area contributed by atoms with Gasteiger partial charge < -0.3 is 9.80 Å². The van der Waals surface area contributed by atoms with Gasteiger partial charge in [-0.1, -0.05) is 0 Å². The Kier molecular flexibility index (Phi) is 5.25. The first-order valence-electron chi connectivity index (χ1n) is 8.90. The summed E-state index contributed by atoms with van der Waals surface area (Å²) in [4.78, 5) is 17.0. The molecule has 1 aromatic heterocycles. The molecule has 7 nitrogen and oxygen atoms in total. The molecule has 128 valence electrons. The van der Waals surface area contributed by atoms with Crippen molar-refractivity contribution in [2.45, 2.75) is 58.5 Å². The van der Waals surface area contributed by atoms with Crippen LogP contribution < -0.4 is 0 Å². The van der Waals surface area contributed by atoms with Crippen LogP contribution in [0.3, 0.4) is 0 Å². The van der Waals surface area contributed by atoms with Crippen LogP contribution in [0.25, 0.3) is 0 Å². The number of piperidine rings is 1. The van der Waals surface area contributed by atoms with Crippen molar-refractivity contribution in [2.75, 3.05) is 26.2 Å². The van der Waals surface area contributed by atoms with Crippen molar-refractivity contribution in [3.05, 3.63) is 5.82 Å². The Balaban J connectivity index is 1.43. The first-order chi connectivity index (χ1) is 11.1. The second-order valence-corrected chi connectivity index (χ2v) is 6.90. The fourth-order valence-corrected chi connectivity index (χ4v) is 3.89. The number of hydrogen-bond acceptors (Lipinski definition) is 5. The van der Waals surface area contributed by atoms with Gasteiger partial charge in [0.2, 0.25) is 5.91 Å². The highest BCUT2D eigenvalue weighted by Gasteiger charge is 2.30. The van der Waals surface area contributed by atoms with Gasteiger partial charge >= 0.3 is 0 Å². The van der Waals surface area contributed by atoms with Crippen LogP contribution in [0.2, 0.25) is 0 Å². The molecule has 1 amide bonds. The molecule has 0 aliphatic carbocycles. The zero-order valence-electron chi connectivity index (χ0n) is 14.3. The Bertz CT molecular complexity index is 516. The number of nitrogens with zero attached hydrogens (tertiary/aromatic N) is 6. The van der Waals surface area contributed by atoms with Crippen LogP contribution in [-0.4, -0.2) is 68.1 Å². The minimum atomic E-state index is 0.229. The van der Waals surface area contributed by atoms with Crippen molar-refractivity contribution in [3.8, 4) is 0 Å². The number of carbonyl (C=O) groups is 1. The fourth-order valence-electron chi connectivity index (χ4n) is 3.89. The summed E-state index contributed by atoms with van der Waals surface area (Å²) in [5.74, 6) is 1.72. The molecule has 1 atom stereocenters. The lowest BCUT2D eigenvalue weighted by molar-refractivity contribution is -0.133. The second kappa shape index (κ2) is 7.38. The molecular formula is C16H28N6O. The molecule has 0 aromatic carbocycles. The maximum absolute atomic E-state index is 12.4. The van der Waals surface area contributed by atoms with E-state index in [0.717, 1.165) is 37.7 Å². The highest BCUT2D eigenvalue weighted by atomic mass is 16.2. The molecule has 2 fully saturated rings. The van der Waals surface area contributed by atoms with Gasteiger partial charge in [0.1, 0.15) is 5.82 Å². The average Bonchev–Trinajstić information content (AvgIpc) is 3.24. The maximum atomic E-state index is 12.4. The van der Waals surface area contributed by atoms with E-state index in [4.69, 9.17) is 0 Å². The third-order valence-electron chi connectivity index (χ3n) is 5.54. The summed E-state index contributed by atoms with van der Waals surface area (Å²) in [5, 5.41) is 11.4. The summed E-state index contributed by atoms with van der Waals surface area (Å²) in [7, 11) is 0. The number of rotatable bonds is 5. The van der Waals surface area contributed by atoms with E-state index in [1.165, 1.54) is 25.9 Å². The normalized spacial score (nSPS) is 21.7. The summed E-state index contributed by atoms with van der Waals surface area (Å²) in [5.41, 5.74) is 0. The third-order valence-corrected chi connectivity index (χ3v) is 5.54. The van der Waals surface area contributed by atoms with E-state index < -0.39 is 0 Å². The Morgan fingerprint density at radius 1 is 1.22 bits per heavy atom. The van der Waals surface area contributed by atoms with E-state index in [9.17, 15) is 4.79 Å². The van der Waals surface area contributed by atoms with Gasteiger partial charge in [0, 0.05) is 25.6 Å².